The molecular weight excluding hydrogens is 254 g/mol. The third-order valence-corrected chi connectivity index (χ3v) is 2.22. The Labute approximate surface area is 92.9 Å². The van der Waals surface area contributed by atoms with Gasteiger partial charge >= 0.3 is 6.18 Å². The van der Waals surface area contributed by atoms with Gasteiger partial charge in [0, 0.05) is 5.56 Å². The van der Waals surface area contributed by atoms with Gasteiger partial charge in [-0.3, -0.25) is 0 Å². The Morgan fingerprint density at radius 1 is 1.33 bits per heavy atom. The van der Waals surface area contributed by atoms with E-state index in [0.29, 0.717) is 6.07 Å². The Morgan fingerprint density at radius 2 is 1.93 bits per heavy atom. The van der Waals surface area contributed by atoms with Crippen molar-refractivity contribution < 1.29 is 18.4 Å². The van der Waals surface area contributed by atoms with Gasteiger partial charge in [0.2, 0.25) is 0 Å². The molecule has 0 aliphatic heterocycles. The SMILES string of the molecule is ON=C(Cl)c1ccc(Cl)c(C(F)(F)F)c1. The van der Waals surface area contributed by atoms with Crippen LogP contribution >= 0.6 is 23.2 Å². The van der Waals surface area contributed by atoms with Crippen LogP contribution < -0.4 is 0 Å². The van der Waals surface area contributed by atoms with E-state index in [1.807, 2.05) is 0 Å². The molecule has 82 valence electrons. The second-order valence-electron chi connectivity index (χ2n) is 2.58. The molecule has 0 saturated carbocycles. The van der Waals surface area contributed by atoms with Crippen LogP contribution in [-0.2, 0) is 6.18 Å². The summed E-state index contributed by atoms with van der Waals surface area (Å²) in [6, 6.07) is 2.97. The van der Waals surface area contributed by atoms with Crippen LogP contribution in [0, 0.1) is 0 Å². The predicted octanol–water partition coefficient (Wildman–Crippen LogP) is 3.73. The minimum Gasteiger partial charge on any atom is -0.410 e. The van der Waals surface area contributed by atoms with Gasteiger partial charge in [-0.25, -0.2) is 0 Å². The van der Waals surface area contributed by atoms with Crippen molar-refractivity contribution in [3.63, 3.8) is 0 Å². The first kappa shape index (κ1) is 12.1. The van der Waals surface area contributed by atoms with E-state index in [4.69, 9.17) is 28.4 Å². The van der Waals surface area contributed by atoms with Crippen LogP contribution in [-0.4, -0.2) is 10.4 Å². The van der Waals surface area contributed by atoms with Gasteiger partial charge in [-0.15, -0.1) is 0 Å². The van der Waals surface area contributed by atoms with Crippen molar-refractivity contribution in [1.29, 1.82) is 0 Å². The van der Waals surface area contributed by atoms with Gasteiger partial charge in [0.15, 0.2) is 5.17 Å². The third-order valence-electron chi connectivity index (χ3n) is 1.60. The Balaban J connectivity index is 3.29. The second kappa shape index (κ2) is 4.28. The molecule has 0 bridgehead atoms. The van der Waals surface area contributed by atoms with E-state index in [1.54, 1.807) is 0 Å². The maximum atomic E-state index is 12.4. The molecule has 2 nitrogen and oxygen atoms in total. The molecule has 0 unspecified atom stereocenters. The van der Waals surface area contributed by atoms with E-state index in [2.05, 4.69) is 5.16 Å². The summed E-state index contributed by atoms with van der Waals surface area (Å²) < 4.78 is 37.1. The minimum atomic E-state index is -4.57. The fourth-order valence-corrected chi connectivity index (χ4v) is 1.27. The normalized spacial score (nSPS) is 13.0. The smallest absolute Gasteiger partial charge is 0.410 e. The van der Waals surface area contributed by atoms with Crippen LogP contribution in [0.2, 0.25) is 5.02 Å². The van der Waals surface area contributed by atoms with Gasteiger partial charge in [-0.05, 0) is 12.1 Å². The summed E-state index contributed by atoms with van der Waals surface area (Å²) in [6.45, 7) is 0. The molecule has 0 fully saturated rings. The zero-order chi connectivity index (χ0) is 11.6. The molecule has 0 saturated heterocycles. The minimum absolute atomic E-state index is 0.0594. The highest BCUT2D eigenvalue weighted by atomic mass is 35.5. The molecule has 0 radical (unpaired) electrons. The lowest BCUT2D eigenvalue weighted by Gasteiger charge is -2.09. The van der Waals surface area contributed by atoms with Crippen molar-refractivity contribution in [3.05, 3.63) is 34.3 Å². The maximum absolute atomic E-state index is 12.4. The summed E-state index contributed by atoms with van der Waals surface area (Å²) in [5.74, 6) is 0. The van der Waals surface area contributed by atoms with Crippen molar-refractivity contribution in [1.82, 2.24) is 0 Å². The lowest BCUT2D eigenvalue weighted by Crippen LogP contribution is -2.07. The van der Waals surface area contributed by atoms with Crippen LogP contribution in [0.3, 0.4) is 0 Å². The molecule has 1 rings (SSSR count). The number of hydrogen-bond donors (Lipinski definition) is 1. The number of oxime groups is 1. The van der Waals surface area contributed by atoms with Gasteiger partial charge in [0.05, 0.1) is 10.6 Å². The summed E-state index contributed by atoms with van der Waals surface area (Å²) in [5, 5.41) is 10.0. The average molecular weight is 258 g/mol. The topological polar surface area (TPSA) is 32.6 Å². The first-order chi connectivity index (χ1) is 6.86. The first-order valence-electron chi connectivity index (χ1n) is 3.61. The molecule has 0 heterocycles. The highest BCUT2D eigenvalue weighted by Gasteiger charge is 2.33. The molecule has 0 aliphatic rings. The molecule has 0 aromatic heterocycles. The summed E-state index contributed by atoms with van der Waals surface area (Å²) in [7, 11) is 0. The monoisotopic (exact) mass is 257 g/mol. The second-order valence-corrected chi connectivity index (χ2v) is 3.35. The Morgan fingerprint density at radius 3 is 2.40 bits per heavy atom. The quantitative estimate of drug-likeness (QED) is 0.464. The van der Waals surface area contributed by atoms with Crippen LogP contribution in [0.25, 0.3) is 0 Å². The summed E-state index contributed by atoms with van der Waals surface area (Å²) in [4.78, 5) is 0. The van der Waals surface area contributed by atoms with Gasteiger partial charge in [-0.1, -0.05) is 34.4 Å². The van der Waals surface area contributed by atoms with Gasteiger partial charge in [0.25, 0.3) is 0 Å². The van der Waals surface area contributed by atoms with E-state index in [-0.39, 0.29) is 5.56 Å². The average Bonchev–Trinajstić information content (AvgIpc) is 2.15. The first-order valence-corrected chi connectivity index (χ1v) is 4.36. The van der Waals surface area contributed by atoms with Gasteiger partial charge in [-0.2, -0.15) is 13.2 Å². The highest BCUT2D eigenvalue weighted by Crippen LogP contribution is 2.35. The zero-order valence-corrected chi connectivity index (χ0v) is 8.53. The van der Waals surface area contributed by atoms with Crippen LogP contribution in [0.15, 0.2) is 23.4 Å². The largest absolute Gasteiger partial charge is 0.417 e. The molecule has 1 aromatic carbocycles. The van der Waals surface area contributed by atoms with Crippen LogP contribution in [0.4, 0.5) is 13.2 Å². The van der Waals surface area contributed by atoms with Crippen LogP contribution in [0.1, 0.15) is 11.1 Å². The van der Waals surface area contributed by atoms with Crippen LogP contribution in [0.5, 0.6) is 0 Å². The highest BCUT2D eigenvalue weighted by molar-refractivity contribution is 6.69. The summed E-state index contributed by atoms with van der Waals surface area (Å²) >= 11 is 10.7. The lowest BCUT2D eigenvalue weighted by molar-refractivity contribution is -0.137. The Bertz CT molecular complexity index is 403. The fourth-order valence-electron chi connectivity index (χ4n) is 0.929. The van der Waals surface area contributed by atoms with E-state index >= 15 is 0 Å². The van der Waals surface area contributed by atoms with Crippen molar-refractivity contribution in [2.24, 2.45) is 5.16 Å². The number of alkyl halides is 3. The zero-order valence-electron chi connectivity index (χ0n) is 7.02. The fraction of sp³-hybridized carbons (Fsp3) is 0.125. The van der Waals surface area contributed by atoms with Crippen molar-refractivity contribution in [2.75, 3.05) is 0 Å². The lowest BCUT2D eigenvalue weighted by atomic mass is 10.1. The van der Waals surface area contributed by atoms with Gasteiger partial charge < -0.3 is 5.21 Å². The number of nitrogens with zero attached hydrogens (tertiary/aromatic N) is 1. The molecule has 1 aromatic rings. The van der Waals surface area contributed by atoms with E-state index in [9.17, 15) is 13.2 Å². The molecule has 0 aliphatic carbocycles. The molecule has 0 amide bonds. The molecule has 0 atom stereocenters. The summed E-state index contributed by atoms with van der Waals surface area (Å²) in [6.07, 6.45) is -4.57. The number of halogens is 5. The van der Waals surface area contributed by atoms with Gasteiger partial charge in [0.1, 0.15) is 0 Å². The maximum Gasteiger partial charge on any atom is 0.417 e. The third kappa shape index (κ3) is 2.76. The molecular formula is C8H4Cl2F3NO. The number of rotatable bonds is 1. The Kier molecular flexibility index (Phi) is 3.46. The summed E-state index contributed by atoms with van der Waals surface area (Å²) in [5.41, 5.74) is -1.08. The number of benzene rings is 1. The van der Waals surface area contributed by atoms with E-state index < -0.39 is 21.9 Å². The van der Waals surface area contributed by atoms with Crippen molar-refractivity contribution >= 4 is 28.4 Å². The number of hydrogen-bond acceptors (Lipinski definition) is 2. The van der Waals surface area contributed by atoms with Crippen molar-refractivity contribution in [2.45, 2.75) is 6.18 Å². The van der Waals surface area contributed by atoms with E-state index in [1.165, 1.54) is 6.07 Å². The molecule has 1 N–H and O–H groups in total. The van der Waals surface area contributed by atoms with E-state index in [0.717, 1.165) is 6.07 Å². The molecule has 0 spiro atoms. The van der Waals surface area contributed by atoms with Crippen molar-refractivity contribution in [3.8, 4) is 0 Å². The molecule has 15 heavy (non-hydrogen) atoms. The Hall–Kier alpha value is -0.940. The standard InChI is InChI=1S/C8H4Cl2F3NO/c9-6-2-1-4(7(10)14-15)3-5(6)8(11,12)13/h1-3,15H. The predicted molar refractivity (Wildman–Crippen MR) is 50.6 cm³/mol. The molecule has 7 heteroatoms.